The summed E-state index contributed by atoms with van der Waals surface area (Å²) in [6, 6.07) is 0. The Balaban J connectivity index is 0.00000169. The molecular weight excluding hydrogens is 202 g/mol. The summed E-state index contributed by atoms with van der Waals surface area (Å²) < 4.78 is 4.98. The van der Waals surface area contributed by atoms with E-state index >= 15 is 0 Å². The van der Waals surface area contributed by atoms with E-state index in [-0.39, 0.29) is 24.3 Å². The van der Waals surface area contributed by atoms with Crippen LogP contribution in [0.15, 0.2) is 0 Å². The summed E-state index contributed by atoms with van der Waals surface area (Å²) in [4.78, 5) is 11.3. The van der Waals surface area contributed by atoms with E-state index in [0.717, 1.165) is 32.2 Å². The van der Waals surface area contributed by atoms with E-state index in [0.29, 0.717) is 12.5 Å². The van der Waals surface area contributed by atoms with E-state index in [1.165, 1.54) is 0 Å². The Morgan fingerprint density at radius 1 is 1.36 bits per heavy atom. The summed E-state index contributed by atoms with van der Waals surface area (Å²) in [7, 11) is 0. The van der Waals surface area contributed by atoms with Gasteiger partial charge in [0.2, 0.25) is 0 Å². The number of hydrogen-bond acceptors (Lipinski definition) is 3. The molecule has 84 valence electrons. The van der Waals surface area contributed by atoms with Crippen LogP contribution in [0.25, 0.3) is 0 Å². The van der Waals surface area contributed by atoms with Crippen molar-refractivity contribution in [2.24, 2.45) is 17.6 Å². The molecule has 0 radical (unpaired) electrons. The van der Waals surface area contributed by atoms with Crippen LogP contribution >= 0.6 is 12.4 Å². The third-order valence-corrected chi connectivity index (χ3v) is 2.80. The fraction of sp³-hybridized carbons (Fsp3) is 0.900. The molecule has 0 aromatic heterocycles. The molecule has 0 spiro atoms. The summed E-state index contributed by atoms with van der Waals surface area (Å²) in [5.41, 5.74) is 5.57. The third kappa shape index (κ3) is 3.84. The highest BCUT2D eigenvalue weighted by atomic mass is 35.5. The fourth-order valence-electron chi connectivity index (χ4n) is 1.89. The van der Waals surface area contributed by atoms with E-state index in [1.807, 2.05) is 6.92 Å². The maximum atomic E-state index is 11.3. The molecule has 0 aromatic carbocycles. The molecule has 0 aliphatic heterocycles. The molecule has 0 bridgehead atoms. The highest BCUT2D eigenvalue weighted by Gasteiger charge is 2.26. The van der Waals surface area contributed by atoms with E-state index in [2.05, 4.69) is 0 Å². The lowest BCUT2D eigenvalue weighted by atomic mass is 9.82. The van der Waals surface area contributed by atoms with Crippen LogP contribution in [0.4, 0.5) is 0 Å². The molecular formula is C10H20ClNO2. The van der Waals surface area contributed by atoms with Gasteiger partial charge in [0, 0.05) is 0 Å². The zero-order valence-corrected chi connectivity index (χ0v) is 9.52. The van der Waals surface area contributed by atoms with Crippen molar-refractivity contribution >= 4 is 18.4 Å². The molecule has 4 heteroatoms. The maximum absolute atomic E-state index is 11.3. The Hall–Kier alpha value is -0.280. The maximum Gasteiger partial charge on any atom is 0.308 e. The van der Waals surface area contributed by atoms with Crippen LogP contribution < -0.4 is 5.73 Å². The minimum atomic E-state index is -0.0158. The van der Waals surface area contributed by atoms with Crippen molar-refractivity contribution in [3.05, 3.63) is 0 Å². The van der Waals surface area contributed by atoms with Crippen molar-refractivity contribution in [2.45, 2.75) is 32.6 Å². The van der Waals surface area contributed by atoms with Crippen molar-refractivity contribution < 1.29 is 9.53 Å². The second-order valence-corrected chi connectivity index (χ2v) is 3.71. The normalized spacial score (nSPS) is 26.4. The van der Waals surface area contributed by atoms with E-state index in [9.17, 15) is 4.79 Å². The lowest BCUT2D eigenvalue weighted by Gasteiger charge is -2.25. The number of ether oxygens (including phenoxy) is 1. The minimum Gasteiger partial charge on any atom is -0.466 e. The SMILES string of the molecule is CCOC(=O)[C@H]1CC[C@H](CN)CC1.Cl. The number of halogens is 1. The molecule has 1 aliphatic rings. The molecule has 0 atom stereocenters. The average molecular weight is 222 g/mol. The van der Waals surface area contributed by atoms with Crippen molar-refractivity contribution in [1.82, 2.24) is 0 Å². The first kappa shape index (κ1) is 13.7. The molecule has 3 nitrogen and oxygen atoms in total. The molecule has 14 heavy (non-hydrogen) atoms. The number of nitrogens with two attached hydrogens (primary N) is 1. The van der Waals surface area contributed by atoms with Gasteiger partial charge in [0.25, 0.3) is 0 Å². The Morgan fingerprint density at radius 3 is 2.36 bits per heavy atom. The van der Waals surface area contributed by atoms with E-state index in [1.54, 1.807) is 0 Å². The van der Waals surface area contributed by atoms with Gasteiger partial charge in [-0.05, 0) is 45.1 Å². The van der Waals surface area contributed by atoms with Crippen LogP contribution in [-0.4, -0.2) is 19.1 Å². The summed E-state index contributed by atoms with van der Waals surface area (Å²) in [5, 5.41) is 0. The molecule has 0 aromatic rings. The monoisotopic (exact) mass is 221 g/mol. The molecule has 1 aliphatic carbocycles. The van der Waals surface area contributed by atoms with Gasteiger partial charge in [-0.1, -0.05) is 0 Å². The van der Waals surface area contributed by atoms with Crippen molar-refractivity contribution in [3.8, 4) is 0 Å². The van der Waals surface area contributed by atoms with Crippen LogP contribution in [0.2, 0.25) is 0 Å². The Labute approximate surface area is 91.8 Å². The van der Waals surface area contributed by atoms with Gasteiger partial charge >= 0.3 is 5.97 Å². The number of rotatable bonds is 3. The van der Waals surface area contributed by atoms with Crippen LogP contribution in [0.3, 0.4) is 0 Å². The summed E-state index contributed by atoms with van der Waals surface area (Å²) in [5.74, 6) is 0.756. The van der Waals surface area contributed by atoms with Gasteiger partial charge in [0.15, 0.2) is 0 Å². The predicted molar refractivity (Wildman–Crippen MR) is 58.4 cm³/mol. The summed E-state index contributed by atoms with van der Waals surface area (Å²) >= 11 is 0. The second-order valence-electron chi connectivity index (χ2n) is 3.71. The van der Waals surface area contributed by atoms with Gasteiger partial charge in [-0.15, -0.1) is 12.4 Å². The first-order valence-corrected chi connectivity index (χ1v) is 5.14. The Kier molecular flexibility index (Phi) is 6.93. The molecule has 0 unspecified atom stereocenters. The Morgan fingerprint density at radius 2 is 1.93 bits per heavy atom. The summed E-state index contributed by atoms with van der Waals surface area (Å²) in [6.07, 6.45) is 4.08. The minimum absolute atomic E-state index is 0. The summed E-state index contributed by atoms with van der Waals surface area (Å²) in [6.45, 7) is 3.11. The number of carbonyl (C=O) groups excluding carboxylic acids is 1. The van der Waals surface area contributed by atoms with Gasteiger partial charge in [-0.3, -0.25) is 4.79 Å². The van der Waals surface area contributed by atoms with Crippen molar-refractivity contribution in [3.63, 3.8) is 0 Å². The van der Waals surface area contributed by atoms with Gasteiger partial charge in [-0.2, -0.15) is 0 Å². The number of hydrogen-bond donors (Lipinski definition) is 1. The first-order chi connectivity index (χ1) is 6.27. The van der Waals surface area contributed by atoms with E-state index in [4.69, 9.17) is 10.5 Å². The second kappa shape index (κ2) is 7.07. The molecule has 2 N–H and O–H groups in total. The predicted octanol–water partition coefficient (Wildman–Crippen LogP) is 1.74. The number of esters is 1. The molecule has 0 saturated heterocycles. The van der Waals surface area contributed by atoms with Crippen LogP contribution in [-0.2, 0) is 9.53 Å². The van der Waals surface area contributed by atoms with Crippen LogP contribution in [0.1, 0.15) is 32.6 Å². The first-order valence-electron chi connectivity index (χ1n) is 5.14. The fourth-order valence-corrected chi connectivity index (χ4v) is 1.89. The van der Waals surface area contributed by atoms with Gasteiger partial charge in [0.05, 0.1) is 12.5 Å². The third-order valence-electron chi connectivity index (χ3n) is 2.80. The molecule has 1 fully saturated rings. The van der Waals surface area contributed by atoms with Crippen LogP contribution in [0.5, 0.6) is 0 Å². The lowest BCUT2D eigenvalue weighted by Crippen LogP contribution is -2.26. The van der Waals surface area contributed by atoms with E-state index < -0.39 is 0 Å². The smallest absolute Gasteiger partial charge is 0.308 e. The Bertz CT molecular complexity index is 168. The standard InChI is InChI=1S/C10H19NO2.ClH/c1-2-13-10(12)9-5-3-8(7-11)4-6-9;/h8-9H,2-7,11H2,1H3;1H/t8-,9-;. The average Bonchev–Trinajstić information content (AvgIpc) is 2.18. The van der Waals surface area contributed by atoms with Crippen molar-refractivity contribution in [1.29, 1.82) is 0 Å². The molecule has 1 saturated carbocycles. The zero-order chi connectivity index (χ0) is 9.68. The quantitative estimate of drug-likeness (QED) is 0.739. The van der Waals surface area contributed by atoms with Gasteiger partial charge in [0.1, 0.15) is 0 Å². The highest BCUT2D eigenvalue weighted by Crippen LogP contribution is 2.28. The van der Waals surface area contributed by atoms with Crippen LogP contribution in [0, 0.1) is 11.8 Å². The number of carbonyl (C=O) groups is 1. The molecule has 0 heterocycles. The highest BCUT2D eigenvalue weighted by molar-refractivity contribution is 5.85. The lowest BCUT2D eigenvalue weighted by molar-refractivity contribution is -0.149. The largest absolute Gasteiger partial charge is 0.466 e. The van der Waals surface area contributed by atoms with Gasteiger partial charge in [-0.25, -0.2) is 0 Å². The molecule has 1 rings (SSSR count). The zero-order valence-electron chi connectivity index (χ0n) is 8.70. The van der Waals surface area contributed by atoms with Crippen molar-refractivity contribution in [2.75, 3.05) is 13.2 Å². The topological polar surface area (TPSA) is 52.3 Å². The molecule has 0 amide bonds. The van der Waals surface area contributed by atoms with Gasteiger partial charge < -0.3 is 10.5 Å².